The molecule has 0 spiro atoms. The number of hydrogen-bond acceptors (Lipinski definition) is 4. The fourth-order valence-electron chi connectivity index (χ4n) is 3.43. The van der Waals surface area contributed by atoms with E-state index in [2.05, 4.69) is 15.3 Å². The molecule has 0 bridgehead atoms. The molecular formula is C19H18N4O. The summed E-state index contributed by atoms with van der Waals surface area (Å²) in [5.74, 6) is 0.139. The third kappa shape index (κ3) is 2.48. The van der Waals surface area contributed by atoms with Crippen molar-refractivity contribution < 1.29 is 4.79 Å². The SMILES string of the molecule is CN1C(=O)C[C@@H](Nc2ccnc3ccccc23)[C@@H]1c1cccnc1. The van der Waals surface area contributed by atoms with Gasteiger partial charge >= 0.3 is 0 Å². The maximum absolute atomic E-state index is 12.3. The molecule has 0 saturated carbocycles. The molecule has 4 rings (SSSR count). The van der Waals surface area contributed by atoms with Crippen LogP contribution in [0.1, 0.15) is 18.0 Å². The van der Waals surface area contributed by atoms with Crippen LogP contribution in [0.25, 0.3) is 10.9 Å². The normalized spacial score (nSPS) is 20.5. The molecule has 1 aromatic carbocycles. The number of nitrogens with one attached hydrogen (secondary N) is 1. The molecule has 1 N–H and O–H groups in total. The molecule has 0 aliphatic carbocycles. The second-order valence-electron chi connectivity index (χ2n) is 6.07. The van der Waals surface area contributed by atoms with Gasteiger partial charge in [0.2, 0.25) is 5.91 Å². The maximum atomic E-state index is 12.3. The molecule has 3 aromatic rings. The Balaban J connectivity index is 1.71. The topological polar surface area (TPSA) is 58.1 Å². The number of amides is 1. The largest absolute Gasteiger partial charge is 0.379 e. The second-order valence-corrected chi connectivity index (χ2v) is 6.07. The highest BCUT2D eigenvalue weighted by Crippen LogP contribution is 2.34. The molecule has 0 radical (unpaired) electrons. The van der Waals surface area contributed by atoms with Crippen LogP contribution in [0.5, 0.6) is 0 Å². The first-order valence-corrected chi connectivity index (χ1v) is 8.00. The highest BCUT2D eigenvalue weighted by molar-refractivity contribution is 5.91. The summed E-state index contributed by atoms with van der Waals surface area (Å²) in [7, 11) is 1.85. The Bertz CT molecular complexity index is 875. The van der Waals surface area contributed by atoms with Crippen molar-refractivity contribution >= 4 is 22.5 Å². The van der Waals surface area contributed by atoms with Crippen LogP contribution >= 0.6 is 0 Å². The number of anilines is 1. The Morgan fingerprint density at radius 3 is 2.83 bits per heavy atom. The van der Waals surface area contributed by atoms with Crippen LogP contribution in [0.3, 0.4) is 0 Å². The Kier molecular flexibility index (Phi) is 3.61. The maximum Gasteiger partial charge on any atom is 0.225 e. The summed E-state index contributed by atoms with van der Waals surface area (Å²) < 4.78 is 0. The van der Waals surface area contributed by atoms with Crippen molar-refractivity contribution in [1.82, 2.24) is 14.9 Å². The van der Waals surface area contributed by atoms with Crippen LogP contribution in [0.2, 0.25) is 0 Å². The summed E-state index contributed by atoms with van der Waals surface area (Å²) in [5.41, 5.74) is 2.99. The van der Waals surface area contributed by atoms with Crippen LogP contribution in [-0.2, 0) is 4.79 Å². The Hall–Kier alpha value is -2.95. The lowest BCUT2D eigenvalue weighted by atomic mass is 10.0. The number of benzene rings is 1. The zero-order chi connectivity index (χ0) is 16.5. The van der Waals surface area contributed by atoms with E-state index in [1.54, 1.807) is 17.3 Å². The van der Waals surface area contributed by atoms with Gasteiger partial charge < -0.3 is 10.2 Å². The van der Waals surface area contributed by atoms with Gasteiger partial charge in [0.25, 0.3) is 0 Å². The smallest absolute Gasteiger partial charge is 0.225 e. The zero-order valence-electron chi connectivity index (χ0n) is 13.4. The van der Waals surface area contributed by atoms with Crippen LogP contribution in [0, 0.1) is 0 Å². The van der Waals surface area contributed by atoms with Crippen LogP contribution < -0.4 is 5.32 Å². The highest BCUT2D eigenvalue weighted by Gasteiger charge is 2.38. The average Bonchev–Trinajstić information content (AvgIpc) is 2.90. The number of para-hydroxylation sites is 1. The summed E-state index contributed by atoms with van der Waals surface area (Å²) in [6, 6.07) is 13.9. The van der Waals surface area contributed by atoms with Crippen molar-refractivity contribution in [1.29, 1.82) is 0 Å². The third-order valence-corrected chi connectivity index (χ3v) is 4.60. The van der Waals surface area contributed by atoms with E-state index < -0.39 is 0 Å². The van der Waals surface area contributed by atoms with Gasteiger partial charge in [-0.05, 0) is 23.8 Å². The molecule has 5 nitrogen and oxygen atoms in total. The summed E-state index contributed by atoms with van der Waals surface area (Å²) in [6.45, 7) is 0. The fourth-order valence-corrected chi connectivity index (χ4v) is 3.43. The molecule has 3 heterocycles. The number of fused-ring (bicyclic) bond motifs is 1. The lowest BCUT2D eigenvalue weighted by Gasteiger charge is -2.26. The number of hydrogen-bond donors (Lipinski definition) is 1. The van der Waals surface area contributed by atoms with Crippen molar-refractivity contribution in [2.75, 3.05) is 12.4 Å². The van der Waals surface area contributed by atoms with E-state index >= 15 is 0 Å². The number of rotatable bonds is 3. The van der Waals surface area contributed by atoms with E-state index in [0.29, 0.717) is 6.42 Å². The molecular weight excluding hydrogens is 300 g/mol. The second kappa shape index (κ2) is 5.92. The van der Waals surface area contributed by atoms with E-state index in [1.165, 1.54) is 0 Å². The molecule has 120 valence electrons. The van der Waals surface area contributed by atoms with Gasteiger partial charge in [-0.3, -0.25) is 14.8 Å². The highest BCUT2D eigenvalue weighted by atomic mass is 16.2. The molecule has 1 saturated heterocycles. The first kappa shape index (κ1) is 14.6. The predicted molar refractivity (Wildman–Crippen MR) is 93.5 cm³/mol. The fraction of sp³-hybridized carbons (Fsp3) is 0.211. The number of aromatic nitrogens is 2. The summed E-state index contributed by atoms with van der Waals surface area (Å²) in [5, 5.41) is 4.62. The molecule has 1 amide bonds. The molecule has 24 heavy (non-hydrogen) atoms. The quantitative estimate of drug-likeness (QED) is 0.806. The van der Waals surface area contributed by atoms with Crippen LogP contribution in [0.15, 0.2) is 61.1 Å². The third-order valence-electron chi connectivity index (χ3n) is 4.60. The molecule has 1 aliphatic rings. The monoisotopic (exact) mass is 318 g/mol. The first-order valence-electron chi connectivity index (χ1n) is 8.00. The predicted octanol–water partition coefficient (Wildman–Crippen LogP) is 3.01. The van der Waals surface area contributed by atoms with Crippen molar-refractivity contribution in [2.45, 2.75) is 18.5 Å². The molecule has 1 aliphatic heterocycles. The minimum Gasteiger partial charge on any atom is -0.379 e. The molecule has 0 unspecified atom stereocenters. The standard InChI is InChI=1S/C19H18N4O/c1-23-18(24)11-17(19(23)13-5-4-9-20-12-13)22-16-8-10-21-15-7-3-2-6-14(15)16/h2-10,12,17,19H,11H2,1H3,(H,21,22)/t17-,19+/m1/s1. The van der Waals surface area contributed by atoms with Crippen LogP contribution in [0.4, 0.5) is 5.69 Å². The number of carbonyl (C=O) groups excluding carboxylic acids is 1. The lowest BCUT2D eigenvalue weighted by Crippen LogP contribution is -2.30. The van der Waals surface area contributed by atoms with Crippen molar-refractivity contribution in [3.63, 3.8) is 0 Å². The van der Waals surface area contributed by atoms with Gasteiger partial charge in [0, 0.05) is 43.1 Å². The Morgan fingerprint density at radius 2 is 2.00 bits per heavy atom. The number of likely N-dealkylation sites (tertiary alicyclic amines) is 1. The van der Waals surface area contributed by atoms with E-state index in [0.717, 1.165) is 22.2 Å². The van der Waals surface area contributed by atoms with Crippen molar-refractivity contribution in [2.24, 2.45) is 0 Å². The molecule has 2 aromatic heterocycles. The van der Waals surface area contributed by atoms with E-state index in [9.17, 15) is 4.79 Å². The van der Waals surface area contributed by atoms with Gasteiger partial charge in [-0.25, -0.2) is 0 Å². The van der Waals surface area contributed by atoms with Crippen molar-refractivity contribution in [3.8, 4) is 0 Å². The van der Waals surface area contributed by atoms with Gasteiger partial charge in [-0.2, -0.15) is 0 Å². The molecule has 5 heteroatoms. The summed E-state index contributed by atoms with van der Waals surface area (Å²) in [6.07, 6.45) is 5.84. The Morgan fingerprint density at radius 1 is 1.12 bits per heavy atom. The van der Waals surface area contributed by atoms with Crippen LogP contribution in [-0.4, -0.2) is 33.9 Å². The molecule has 2 atom stereocenters. The van der Waals surface area contributed by atoms with Gasteiger partial charge in [0.15, 0.2) is 0 Å². The van der Waals surface area contributed by atoms with Crippen molar-refractivity contribution in [3.05, 3.63) is 66.6 Å². The van der Waals surface area contributed by atoms with Gasteiger partial charge in [0.05, 0.1) is 17.6 Å². The van der Waals surface area contributed by atoms with E-state index in [-0.39, 0.29) is 18.0 Å². The molecule has 1 fully saturated rings. The number of nitrogens with zero attached hydrogens (tertiary/aromatic N) is 3. The van der Waals surface area contributed by atoms with Gasteiger partial charge in [0.1, 0.15) is 0 Å². The first-order chi connectivity index (χ1) is 11.7. The lowest BCUT2D eigenvalue weighted by molar-refractivity contribution is -0.127. The van der Waals surface area contributed by atoms with Gasteiger partial charge in [-0.15, -0.1) is 0 Å². The number of carbonyl (C=O) groups is 1. The van der Waals surface area contributed by atoms with Gasteiger partial charge in [-0.1, -0.05) is 24.3 Å². The average molecular weight is 318 g/mol. The minimum absolute atomic E-state index is 0.00231. The summed E-state index contributed by atoms with van der Waals surface area (Å²) in [4.78, 5) is 22.7. The number of pyridine rings is 2. The van der Waals surface area contributed by atoms with E-state index in [4.69, 9.17) is 0 Å². The number of likely N-dealkylation sites (N-methyl/N-ethyl adjacent to an activating group) is 1. The van der Waals surface area contributed by atoms with E-state index in [1.807, 2.05) is 55.7 Å². The minimum atomic E-state index is -0.0295. The zero-order valence-corrected chi connectivity index (χ0v) is 13.4. The Labute approximate surface area is 140 Å². The summed E-state index contributed by atoms with van der Waals surface area (Å²) >= 11 is 0.